The van der Waals surface area contributed by atoms with Crippen molar-refractivity contribution in [2.75, 3.05) is 12.3 Å². The Morgan fingerprint density at radius 2 is 2.30 bits per heavy atom. The second kappa shape index (κ2) is 5.13. The van der Waals surface area contributed by atoms with Crippen LogP contribution in [0.15, 0.2) is 12.7 Å². The van der Waals surface area contributed by atoms with Crippen molar-refractivity contribution in [2.24, 2.45) is 0 Å². The lowest BCUT2D eigenvalue weighted by Crippen LogP contribution is -2.31. The number of nitrogens with two attached hydrogens (primary N) is 1. The molecule has 0 bridgehead atoms. The Morgan fingerprint density at radius 1 is 1.50 bits per heavy atom. The molecule has 3 heterocycles. The Morgan fingerprint density at radius 3 is 2.95 bits per heavy atom. The van der Waals surface area contributed by atoms with E-state index >= 15 is 0 Å². The van der Waals surface area contributed by atoms with Gasteiger partial charge in [0.15, 0.2) is 23.9 Å². The van der Waals surface area contributed by atoms with Gasteiger partial charge in [-0.25, -0.2) is 19.3 Å². The predicted molar refractivity (Wildman–Crippen MR) is 69.5 cm³/mol. The first-order valence-corrected chi connectivity index (χ1v) is 6.17. The summed E-state index contributed by atoms with van der Waals surface area (Å²) in [6.45, 7) is -0.383. The number of imidazole rings is 1. The molecule has 2 aromatic rings. The molecule has 0 amide bonds. The van der Waals surface area contributed by atoms with Gasteiger partial charge in [-0.3, -0.25) is 4.57 Å². The molecule has 2 unspecified atom stereocenters. The monoisotopic (exact) mass is 301 g/mol. The van der Waals surface area contributed by atoms with Gasteiger partial charge in [0.25, 0.3) is 0 Å². The van der Waals surface area contributed by atoms with Gasteiger partial charge < -0.3 is 19.8 Å². The molecular formula is C10H12FN5O3S. The number of halogens is 1. The first-order valence-electron chi connectivity index (χ1n) is 5.81. The van der Waals surface area contributed by atoms with Gasteiger partial charge in [0, 0.05) is 0 Å². The number of nitrogen functional groups attached to an aromatic ring is 1. The number of ether oxygens (including phenoxy) is 1. The second-order valence-corrected chi connectivity index (χ2v) is 4.56. The first-order chi connectivity index (χ1) is 9.67. The van der Waals surface area contributed by atoms with Gasteiger partial charge in [-0.1, -0.05) is 0 Å². The van der Waals surface area contributed by atoms with E-state index in [0.717, 1.165) is 0 Å². The Hall–Kier alpha value is -1.49. The Kier molecular flexibility index (Phi) is 3.46. The summed E-state index contributed by atoms with van der Waals surface area (Å²) in [4.78, 5) is 11.9. The smallest absolute Gasteiger partial charge is 0.175 e. The van der Waals surface area contributed by atoms with Crippen LogP contribution >= 0.6 is 12.9 Å². The number of aliphatic hydroxyl groups excluding tert-OH is 1. The highest BCUT2D eigenvalue weighted by Gasteiger charge is 2.47. The van der Waals surface area contributed by atoms with Crippen LogP contribution in [0.4, 0.5) is 10.2 Å². The van der Waals surface area contributed by atoms with Gasteiger partial charge >= 0.3 is 0 Å². The molecule has 3 rings (SSSR count). The van der Waals surface area contributed by atoms with Gasteiger partial charge in [0.1, 0.15) is 24.1 Å². The molecule has 2 aromatic heterocycles. The zero-order chi connectivity index (χ0) is 14.3. The molecule has 108 valence electrons. The molecule has 20 heavy (non-hydrogen) atoms. The topological polar surface area (TPSA) is 108 Å². The van der Waals surface area contributed by atoms with E-state index in [0.29, 0.717) is 11.2 Å². The molecule has 0 radical (unpaired) electrons. The van der Waals surface area contributed by atoms with Crippen molar-refractivity contribution in [3.63, 3.8) is 0 Å². The Bertz CT molecular complexity index is 626. The van der Waals surface area contributed by atoms with Gasteiger partial charge in [0.2, 0.25) is 0 Å². The number of hydrogen-bond donors (Lipinski definition) is 3. The van der Waals surface area contributed by atoms with Crippen LogP contribution in [0.3, 0.4) is 0 Å². The van der Waals surface area contributed by atoms with Crippen LogP contribution in [0.25, 0.3) is 11.2 Å². The SMILES string of the molecule is Nc1ncnc2c1ncn2[C@@H]1O[C@H](CO)C(OS)C1F. The molecule has 0 aromatic carbocycles. The van der Waals surface area contributed by atoms with Gasteiger partial charge in [-0.15, -0.1) is 0 Å². The summed E-state index contributed by atoms with van der Waals surface area (Å²) in [6, 6.07) is 0. The molecular weight excluding hydrogens is 289 g/mol. The number of aliphatic hydroxyl groups is 1. The van der Waals surface area contributed by atoms with E-state index in [9.17, 15) is 9.50 Å². The number of nitrogens with zero attached hydrogens (tertiary/aromatic N) is 4. The highest BCUT2D eigenvalue weighted by atomic mass is 32.1. The van der Waals surface area contributed by atoms with Gasteiger partial charge in [-0.2, -0.15) is 0 Å². The standard InChI is InChI=1S/C10H12FN5O3S/c11-5-7(19-20)4(1-17)18-10(5)16-3-15-6-8(12)13-2-14-9(6)16/h2-5,7,10,17,20H,1H2,(H2,12,13,14)/t4-,5?,7?,10-/m1/s1. The summed E-state index contributed by atoms with van der Waals surface area (Å²) in [6.07, 6.45) is -1.73. The third-order valence-corrected chi connectivity index (χ3v) is 3.47. The molecule has 0 aliphatic carbocycles. The largest absolute Gasteiger partial charge is 0.394 e. The van der Waals surface area contributed by atoms with Crippen LogP contribution in [0.1, 0.15) is 6.23 Å². The van der Waals surface area contributed by atoms with Crippen molar-refractivity contribution in [1.82, 2.24) is 19.5 Å². The molecule has 3 N–H and O–H groups in total. The molecule has 0 saturated carbocycles. The van der Waals surface area contributed by atoms with Crippen molar-refractivity contribution < 1.29 is 18.4 Å². The lowest BCUT2D eigenvalue weighted by atomic mass is 10.1. The molecule has 4 atom stereocenters. The van der Waals surface area contributed by atoms with E-state index in [1.54, 1.807) is 0 Å². The molecule has 1 aliphatic rings. The van der Waals surface area contributed by atoms with E-state index in [1.165, 1.54) is 17.2 Å². The normalized spacial score (nSPS) is 30.1. The zero-order valence-corrected chi connectivity index (χ0v) is 11.0. The first kappa shape index (κ1) is 13.5. The number of fused-ring (bicyclic) bond motifs is 1. The summed E-state index contributed by atoms with van der Waals surface area (Å²) < 4.78 is 25.9. The number of rotatable bonds is 3. The Labute approximate surface area is 118 Å². The van der Waals surface area contributed by atoms with Crippen LogP contribution in [-0.4, -0.2) is 49.6 Å². The number of anilines is 1. The van der Waals surface area contributed by atoms with Crippen molar-refractivity contribution in [1.29, 1.82) is 0 Å². The molecule has 0 spiro atoms. The molecule has 1 aliphatic heterocycles. The number of hydrogen-bond acceptors (Lipinski definition) is 8. The summed E-state index contributed by atoms with van der Waals surface area (Å²) >= 11 is 3.61. The molecule has 10 heteroatoms. The van der Waals surface area contributed by atoms with E-state index in [1.807, 2.05) is 0 Å². The summed E-state index contributed by atoms with van der Waals surface area (Å²) in [5.74, 6) is 0.197. The van der Waals surface area contributed by atoms with E-state index < -0.39 is 24.6 Å². The fourth-order valence-electron chi connectivity index (χ4n) is 2.25. The third kappa shape index (κ3) is 1.92. The van der Waals surface area contributed by atoms with Crippen LogP contribution in [0, 0.1) is 0 Å². The molecule has 1 fully saturated rings. The maximum absolute atomic E-state index is 14.3. The minimum atomic E-state index is -1.53. The average molecular weight is 301 g/mol. The van der Waals surface area contributed by atoms with Crippen LogP contribution in [-0.2, 0) is 8.92 Å². The van der Waals surface area contributed by atoms with Crippen LogP contribution in [0.5, 0.6) is 0 Å². The lowest BCUT2D eigenvalue weighted by molar-refractivity contribution is -0.0420. The van der Waals surface area contributed by atoms with Crippen LogP contribution < -0.4 is 5.73 Å². The van der Waals surface area contributed by atoms with Gasteiger partial charge in [-0.05, 0) is 12.9 Å². The summed E-state index contributed by atoms with van der Waals surface area (Å²) in [5, 5.41) is 9.18. The predicted octanol–water partition coefficient (Wildman–Crippen LogP) is -0.134. The fraction of sp³-hybridized carbons (Fsp3) is 0.500. The lowest BCUT2D eigenvalue weighted by Gasteiger charge is -2.15. The number of thiol groups is 1. The number of aromatic nitrogens is 4. The average Bonchev–Trinajstić information content (AvgIpc) is 3.00. The van der Waals surface area contributed by atoms with E-state index in [4.69, 9.17) is 14.7 Å². The third-order valence-electron chi connectivity index (χ3n) is 3.23. The van der Waals surface area contributed by atoms with Crippen LogP contribution in [0.2, 0.25) is 0 Å². The molecule has 8 nitrogen and oxygen atoms in total. The molecule has 1 saturated heterocycles. The maximum Gasteiger partial charge on any atom is 0.175 e. The van der Waals surface area contributed by atoms with Gasteiger partial charge in [0.05, 0.1) is 12.9 Å². The zero-order valence-electron chi connectivity index (χ0n) is 10.1. The summed E-state index contributed by atoms with van der Waals surface area (Å²) in [7, 11) is 0. The minimum Gasteiger partial charge on any atom is -0.394 e. The van der Waals surface area contributed by atoms with Crippen molar-refractivity contribution in [2.45, 2.75) is 24.6 Å². The quantitative estimate of drug-likeness (QED) is 0.535. The van der Waals surface area contributed by atoms with Crippen molar-refractivity contribution in [3.05, 3.63) is 12.7 Å². The van der Waals surface area contributed by atoms with E-state index in [2.05, 4.69) is 27.9 Å². The summed E-state index contributed by atoms with van der Waals surface area (Å²) in [5.41, 5.74) is 6.38. The van der Waals surface area contributed by atoms with E-state index in [-0.39, 0.29) is 12.4 Å². The van der Waals surface area contributed by atoms with Crippen molar-refractivity contribution >= 4 is 29.9 Å². The Balaban J connectivity index is 2.01. The highest BCUT2D eigenvalue weighted by molar-refractivity contribution is 7.75. The highest BCUT2D eigenvalue weighted by Crippen LogP contribution is 2.35. The fourth-order valence-corrected chi connectivity index (χ4v) is 2.50. The minimum absolute atomic E-state index is 0.197. The maximum atomic E-state index is 14.3. The number of alkyl halides is 1. The second-order valence-electron chi connectivity index (χ2n) is 4.35. The van der Waals surface area contributed by atoms with Crippen molar-refractivity contribution in [3.8, 4) is 0 Å².